The second kappa shape index (κ2) is 9.36. The minimum atomic E-state index is -0.591. The summed E-state index contributed by atoms with van der Waals surface area (Å²) in [6, 6.07) is 11.5. The lowest BCUT2D eigenvalue weighted by molar-refractivity contribution is -0.124. The van der Waals surface area contributed by atoms with Gasteiger partial charge in [-0.1, -0.05) is 24.3 Å². The van der Waals surface area contributed by atoms with Crippen molar-refractivity contribution in [1.29, 1.82) is 0 Å². The van der Waals surface area contributed by atoms with Crippen LogP contribution in [0.25, 0.3) is 11.1 Å². The monoisotopic (exact) mass is 415 g/mol. The number of ether oxygens (including phenoxy) is 1. The van der Waals surface area contributed by atoms with E-state index in [4.69, 9.17) is 9.84 Å². The number of carbonyl (C=O) groups is 3. The molecule has 1 saturated heterocycles. The molecule has 0 bridgehead atoms. The van der Waals surface area contributed by atoms with Crippen LogP contribution in [0.15, 0.2) is 42.5 Å². The van der Waals surface area contributed by atoms with Gasteiger partial charge in [0, 0.05) is 19.0 Å². The Hall–Kier alpha value is -3.46. The summed E-state index contributed by atoms with van der Waals surface area (Å²) in [6.45, 7) is 1.47. The van der Waals surface area contributed by atoms with Crippen molar-refractivity contribution in [3.63, 3.8) is 0 Å². The molecule has 2 aromatic rings. The fourth-order valence-corrected chi connectivity index (χ4v) is 3.06. The van der Waals surface area contributed by atoms with Gasteiger partial charge < -0.3 is 20.5 Å². The Kier molecular flexibility index (Phi) is 6.63. The zero-order valence-corrected chi connectivity index (χ0v) is 16.4. The maximum Gasteiger partial charge on any atom is 0.414 e. The van der Waals surface area contributed by atoms with E-state index in [1.165, 1.54) is 17.9 Å². The van der Waals surface area contributed by atoms with Gasteiger partial charge in [-0.05, 0) is 29.3 Å². The van der Waals surface area contributed by atoms with E-state index in [0.717, 1.165) is 5.56 Å². The van der Waals surface area contributed by atoms with Crippen LogP contribution in [0.3, 0.4) is 0 Å². The third-order valence-corrected chi connectivity index (χ3v) is 4.62. The molecule has 1 heterocycles. The maximum absolute atomic E-state index is 14.7. The third kappa shape index (κ3) is 5.12. The summed E-state index contributed by atoms with van der Waals surface area (Å²) in [4.78, 5) is 35.5. The second-order valence-corrected chi connectivity index (χ2v) is 6.85. The van der Waals surface area contributed by atoms with Gasteiger partial charge in [0.15, 0.2) is 0 Å². The van der Waals surface area contributed by atoms with Gasteiger partial charge in [-0.3, -0.25) is 14.5 Å². The lowest BCUT2D eigenvalue weighted by atomic mass is 10.0. The first-order chi connectivity index (χ1) is 14.4. The predicted molar refractivity (Wildman–Crippen MR) is 107 cm³/mol. The van der Waals surface area contributed by atoms with Crippen LogP contribution in [0.5, 0.6) is 0 Å². The number of nitrogens with one attached hydrogen (secondary N) is 2. The Labute approximate surface area is 172 Å². The van der Waals surface area contributed by atoms with Gasteiger partial charge in [-0.25, -0.2) is 9.18 Å². The Morgan fingerprint density at radius 3 is 2.57 bits per heavy atom. The van der Waals surface area contributed by atoms with Crippen molar-refractivity contribution in [2.45, 2.75) is 19.6 Å². The first-order valence-electron chi connectivity index (χ1n) is 9.36. The second-order valence-electron chi connectivity index (χ2n) is 6.85. The van der Waals surface area contributed by atoms with Crippen molar-refractivity contribution in [1.82, 2.24) is 10.6 Å². The van der Waals surface area contributed by atoms with Crippen LogP contribution in [0.1, 0.15) is 12.5 Å². The van der Waals surface area contributed by atoms with E-state index >= 15 is 0 Å². The Morgan fingerprint density at radius 1 is 1.20 bits per heavy atom. The molecule has 1 atom stereocenters. The molecular formula is C21H22FN3O5. The number of anilines is 1. The van der Waals surface area contributed by atoms with E-state index in [1.807, 2.05) is 0 Å². The molecule has 1 fully saturated rings. The van der Waals surface area contributed by atoms with Gasteiger partial charge in [0.05, 0.1) is 18.8 Å². The van der Waals surface area contributed by atoms with E-state index in [1.54, 1.807) is 36.4 Å². The van der Waals surface area contributed by atoms with Crippen molar-refractivity contribution in [3.05, 3.63) is 53.8 Å². The van der Waals surface area contributed by atoms with Crippen LogP contribution in [0.2, 0.25) is 0 Å². The normalized spacial score (nSPS) is 15.6. The van der Waals surface area contributed by atoms with Crippen molar-refractivity contribution in [3.8, 4) is 11.1 Å². The van der Waals surface area contributed by atoms with Crippen LogP contribution in [-0.4, -0.2) is 48.8 Å². The highest BCUT2D eigenvalue weighted by Crippen LogP contribution is 2.29. The van der Waals surface area contributed by atoms with Crippen molar-refractivity contribution < 1.29 is 28.6 Å². The summed E-state index contributed by atoms with van der Waals surface area (Å²) in [5.74, 6) is -1.19. The van der Waals surface area contributed by atoms with E-state index in [2.05, 4.69) is 10.6 Å². The van der Waals surface area contributed by atoms with Crippen molar-refractivity contribution in [2.75, 3.05) is 24.6 Å². The Morgan fingerprint density at radius 2 is 1.93 bits per heavy atom. The van der Waals surface area contributed by atoms with Gasteiger partial charge >= 0.3 is 6.09 Å². The van der Waals surface area contributed by atoms with Gasteiger partial charge in [0.25, 0.3) is 0 Å². The summed E-state index contributed by atoms with van der Waals surface area (Å²) >= 11 is 0. The molecule has 3 amide bonds. The molecule has 30 heavy (non-hydrogen) atoms. The number of halogens is 1. The van der Waals surface area contributed by atoms with Crippen LogP contribution < -0.4 is 15.5 Å². The standard InChI is InChI=1S/C21H22FN3O5/c1-13(27)23-10-17-11-25(21(29)30-17)16-6-7-18(19(22)8-16)15-4-2-14(3-5-15)9-24-20(28)12-26/h2-8,17,26H,9-12H2,1H3,(H,23,27)(H,24,28). The number of cyclic esters (lactones) is 1. The first-order valence-corrected chi connectivity index (χ1v) is 9.36. The molecule has 158 valence electrons. The molecule has 0 aliphatic carbocycles. The molecular weight excluding hydrogens is 393 g/mol. The number of aliphatic hydroxyl groups excluding tert-OH is 1. The molecule has 2 aromatic carbocycles. The van der Waals surface area contributed by atoms with Gasteiger partial charge in [-0.15, -0.1) is 0 Å². The van der Waals surface area contributed by atoms with Crippen molar-refractivity contribution in [2.24, 2.45) is 0 Å². The van der Waals surface area contributed by atoms with Crippen LogP contribution in [-0.2, 0) is 20.9 Å². The average Bonchev–Trinajstić information content (AvgIpc) is 3.11. The zero-order valence-electron chi connectivity index (χ0n) is 16.4. The maximum atomic E-state index is 14.7. The molecule has 1 unspecified atom stereocenters. The highest BCUT2D eigenvalue weighted by Gasteiger charge is 2.32. The largest absolute Gasteiger partial charge is 0.442 e. The molecule has 8 nitrogen and oxygen atoms in total. The number of benzene rings is 2. The SMILES string of the molecule is CC(=O)NCC1CN(c2ccc(-c3ccc(CNC(=O)CO)cc3)c(F)c2)C(=O)O1. The quantitative estimate of drug-likeness (QED) is 0.636. The van der Waals surface area contributed by atoms with Gasteiger partial charge in [0.1, 0.15) is 18.5 Å². The minimum absolute atomic E-state index is 0.198. The summed E-state index contributed by atoms with van der Waals surface area (Å²) in [6.07, 6.45) is -1.09. The topological polar surface area (TPSA) is 108 Å². The summed E-state index contributed by atoms with van der Waals surface area (Å²) in [7, 11) is 0. The Bertz CT molecular complexity index is 948. The van der Waals surface area contributed by atoms with Crippen molar-refractivity contribution >= 4 is 23.6 Å². The van der Waals surface area contributed by atoms with E-state index in [9.17, 15) is 18.8 Å². The fourth-order valence-electron chi connectivity index (χ4n) is 3.06. The first kappa shape index (κ1) is 21.3. The molecule has 0 radical (unpaired) electrons. The highest BCUT2D eigenvalue weighted by molar-refractivity contribution is 5.90. The van der Waals surface area contributed by atoms with Gasteiger partial charge in [-0.2, -0.15) is 0 Å². The summed E-state index contributed by atoms with van der Waals surface area (Å²) in [5, 5.41) is 13.9. The number of hydrogen-bond donors (Lipinski definition) is 3. The molecule has 0 aromatic heterocycles. The molecule has 9 heteroatoms. The predicted octanol–water partition coefficient (Wildman–Crippen LogP) is 1.56. The number of carbonyl (C=O) groups excluding carboxylic acids is 3. The highest BCUT2D eigenvalue weighted by atomic mass is 19.1. The molecule has 3 rings (SSSR count). The number of aliphatic hydroxyl groups is 1. The van der Waals surface area contributed by atoms with Crippen LogP contribution >= 0.6 is 0 Å². The average molecular weight is 415 g/mol. The minimum Gasteiger partial charge on any atom is -0.442 e. The fraction of sp³-hybridized carbons (Fsp3) is 0.286. The van der Waals surface area contributed by atoms with E-state index < -0.39 is 30.5 Å². The molecule has 0 saturated carbocycles. The van der Waals surface area contributed by atoms with E-state index in [-0.39, 0.29) is 25.5 Å². The van der Waals surface area contributed by atoms with E-state index in [0.29, 0.717) is 16.8 Å². The van der Waals surface area contributed by atoms with Gasteiger partial charge in [0.2, 0.25) is 11.8 Å². The summed E-state index contributed by atoms with van der Waals surface area (Å²) in [5.41, 5.74) is 2.19. The lowest BCUT2D eigenvalue weighted by Gasteiger charge is -2.15. The number of nitrogens with zero attached hydrogens (tertiary/aromatic N) is 1. The third-order valence-electron chi connectivity index (χ3n) is 4.62. The number of rotatable bonds is 7. The number of amides is 3. The molecule has 1 aliphatic rings. The van der Waals surface area contributed by atoms with Crippen LogP contribution in [0.4, 0.5) is 14.9 Å². The summed E-state index contributed by atoms with van der Waals surface area (Å²) < 4.78 is 19.9. The lowest BCUT2D eigenvalue weighted by Crippen LogP contribution is -2.33. The molecule has 1 aliphatic heterocycles. The number of hydrogen-bond acceptors (Lipinski definition) is 5. The zero-order chi connectivity index (χ0) is 21.7. The smallest absolute Gasteiger partial charge is 0.414 e. The molecule has 0 spiro atoms. The Balaban J connectivity index is 1.69. The van der Waals surface area contributed by atoms with Crippen LogP contribution in [0, 0.1) is 5.82 Å². The molecule has 3 N–H and O–H groups in total.